The van der Waals surface area contributed by atoms with Gasteiger partial charge in [-0.05, 0) is 33.1 Å². The van der Waals surface area contributed by atoms with E-state index in [-0.39, 0.29) is 0 Å². The summed E-state index contributed by atoms with van der Waals surface area (Å²) in [5.74, 6) is 0.00460. The van der Waals surface area contributed by atoms with Crippen LogP contribution < -0.4 is 4.90 Å². The predicted octanol–water partition coefficient (Wildman–Crippen LogP) is 1.54. The third kappa shape index (κ3) is 2.23. The van der Waals surface area contributed by atoms with Gasteiger partial charge in [-0.2, -0.15) is 0 Å². The number of carboxylic acid groups (broad SMARTS) is 1. The summed E-state index contributed by atoms with van der Waals surface area (Å²) in [7, 11) is 0. The Morgan fingerprint density at radius 2 is 2.18 bits per heavy atom. The van der Waals surface area contributed by atoms with E-state index in [4.69, 9.17) is 0 Å². The van der Waals surface area contributed by atoms with Crippen molar-refractivity contribution < 1.29 is 9.90 Å². The van der Waals surface area contributed by atoms with Crippen LogP contribution in [0.2, 0.25) is 0 Å². The highest BCUT2D eigenvalue weighted by Crippen LogP contribution is 2.26. The van der Waals surface area contributed by atoms with E-state index < -0.39 is 12.0 Å². The molecule has 5 heteroatoms. The molecule has 17 heavy (non-hydrogen) atoms. The second-order valence-corrected chi connectivity index (χ2v) is 4.45. The average molecular weight is 235 g/mol. The molecule has 0 saturated carbocycles. The fraction of sp³-hybridized carbons (Fsp3) is 0.583. The van der Waals surface area contributed by atoms with Gasteiger partial charge < -0.3 is 10.0 Å². The Morgan fingerprint density at radius 1 is 1.41 bits per heavy atom. The topological polar surface area (TPSA) is 66.3 Å². The Labute approximate surface area is 100 Å². The summed E-state index contributed by atoms with van der Waals surface area (Å²) in [6.45, 7) is 4.62. The number of carboxylic acids is 1. The molecule has 0 bridgehead atoms. The Bertz CT molecular complexity index is 434. The highest BCUT2D eigenvalue weighted by Gasteiger charge is 2.30. The first-order chi connectivity index (χ1) is 8.11. The summed E-state index contributed by atoms with van der Waals surface area (Å²) in [4.78, 5) is 21.5. The van der Waals surface area contributed by atoms with Crippen molar-refractivity contribution in [3.05, 3.63) is 17.6 Å². The standard InChI is InChI=1S/C12H17N3O2/c1-8-9(2)13-7-14-11(8)15-6-4-3-5-10(15)12(16)17/h7,10H,3-6H2,1-2H3,(H,16,17). The van der Waals surface area contributed by atoms with Gasteiger partial charge in [-0.3, -0.25) is 0 Å². The molecule has 1 aliphatic heterocycles. The van der Waals surface area contributed by atoms with Crippen molar-refractivity contribution in [1.29, 1.82) is 0 Å². The molecule has 1 N–H and O–H groups in total. The second kappa shape index (κ2) is 4.69. The van der Waals surface area contributed by atoms with E-state index >= 15 is 0 Å². The number of hydrogen-bond acceptors (Lipinski definition) is 4. The molecule has 2 heterocycles. The van der Waals surface area contributed by atoms with Crippen molar-refractivity contribution in [2.45, 2.75) is 39.2 Å². The SMILES string of the molecule is Cc1ncnc(N2CCCCC2C(=O)O)c1C. The van der Waals surface area contributed by atoms with Crippen LogP contribution >= 0.6 is 0 Å². The Morgan fingerprint density at radius 3 is 2.88 bits per heavy atom. The summed E-state index contributed by atoms with van der Waals surface area (Å²) in [5, 5.41) is 9.25. The molecular weight excluding hydrogens is 218 g/mol. The molecule has 2 rings (SSSR count). The van der Waals surface area contributed by atoms with Gasteiger partial charge in [-0.1, -0.05) is 0 Å². The van der Waals surface area contributed by atoms with Crippen LogP contribution in [-0.2, 0) is 4.79 Å². The van der Waals surface area contributed by atoms with Gasteiger partial charge >= 0.3 is 5.97 Å². The first-order valence-electron chi connectivity index (χ1n) is 5.89. The number of hydrogen-bond donors (Lipinski definition) is 1. The molecule has 0 aliphatic carbocycles. The maximum absolute atomic E-state index is 11.2. The average Bonchev–Trinajstić information content (AvgIpc) is 2.33. The molecule has 92 valence electrons. The number of nitrogens with zero attached hydrogens (tertiary/aromatic N) is 3. The van der Waals surface area contributed by atoms with Crippen LogP contribution in [0.4, 0.5) is 5.82 Å². The Kier molecular flexibility index (Phi) is 3.26. The maximum atomic E-state index is 11.2. The van der Waals surface area contributed by atoms with E-state index in [1.165, 1.54) is 6.33 Å². The molecule has 0 spiro atoms. The van der Waals surface area contributed by atoms with Crippen molar-refractivity contribution in [1.82, 2.24) is 9.97 Å². The van der Waals surface area contributed by atoms with Crippen molar-refractivity contribution in [3.63, 3.8) is 0 Å². The third-order valence-electron chi connectivity index (χ3n) is 3.37. The summed E-state index contributed by atoms with van der Waals surface area (Å²) in [6, 6.07) is -0.447. The third-order valence-corrected chi connectivity index (χ3v) is 3.37. The van der Waals surface area contributed by atoms with E-state index in [9.17, 15) is 9.90 Å². The lowest BCUT2D eigenvalue weighted by Crippen LogP contribution is -2.45. The van der Waals surface area contributed by atoms with Gasteiger partial charge in [0.25, 0.3) is 0 Å². The van der Waals surface area contributed by atoms with Gasteiger partial charge in [0.1, 0.15) is 18.2 Å². The zero-order valence-electron chi connectivity index (χ0n) is 10.2. The van der Waals surface area contributed by atoms with Crippen molar-refractivity contribution in [2.75, 3.05) is 11.4 Å². The Balaban J connectivity index is 2.36. The normalized spacial score (nSPS) is 20.4. The number of rotatable bonds is 2. The Hall–Kier alpha value is -1.65. The van der Waals surface area contributed by atoms with Gasteiger partial charge in [0.2, 0.25) is 0 Å². The summed E-state index contributed by atoms with van der Waals surface area (Å²) < 4.78 is 0. The molecule has 1 saturated heterocycles. The van der Waals surface area contributed by atoms with Crippen molar-refractivity contribution >= 4 is 11.8 Å². The van der Waals surface area contributed by atoms with Crippen LogP contribution in [0.3, 0.4) is 0 Å². The van der Waals surface area contributed by atoms with E-state index in [2.05, 4.69) is 9.97 Å². The maximum Gasteiger partial charge on any atom is 0.326 e. The molecule has 1 atom stereocenters. The number of aromatic nitrogens is 2. The summed E-state index contributed by atoms with van der Waals surface area (Å²) in [5.41, 5.74) is 1.88. The van der Waals surface area contributed by atoms with E-state index in [1.807, 2.05) is 18.7 Å². The quantitative estimate of drug-likeness (QED) is 0.842. The van der Waals surface area contributed by atoms with Crippen LogP contribution in [0, 0.1) is 13.8 Å². The smallest absolute Gasteiger partial charge is 0.326 e. The minimum absolute atomic E-state index is 0.447. The number of carbonyl (C=O) groups is 1. The molecule has 1 unspecified atom stereocenters. The first kappa shape index (κ1) is 11.8. The van der Waals surface area contributed by atoms with Crippen LogP contribution in [0.1, 0.15) is 30.5 Å². The first-order valence-corrected chi connectivity index (χ1v) is 5.89. The molecule has 1 aliphatic rings. The minimum atomic E-state index is -0.764. The fourth-order valence-electron chi connectivity index (χ4n) is 2.26. The van der Waals surface area contributed by atoms with E-state index in [0.29, 0.717) is 6.42 Å². The molecular formula is C12H17N3O2. The highest BCUT2D eigenvalue weighted by molar-refractivity contribution is 5.78. The molecule has 1 aromatic heterocycles. The van der Waals surface area contributed by atoms with Gasteiger partial charge in [0, 0.05) is 17.8 Å². The zero-order chi connectivity index (χ0) is 12.4. The van der Waals surface area contributed by atoms with Crippen LogP contribution in [-0.4, -0.2) is 33.6 Å². The van der Waals surface area contributed by atoms with E-state index in [0.717, 1.165) is 36.5 Å². The lowest BCUT2D eigenvalue weighted by Gasteiger charge is -2.34. The van der Waals surface area contributed by atoms with Gasteiger partial charge in [0.05, 0.1) is 0 Å². The largest absolute Gasteiger partial charge is 0.480 e. The summed E-state index contributed by atoms with van der Waals surface area (Å²) in [6.07, 6.45) is 4.19. The van der Waals surface area contributed by atoms with Crippen LogP contribution in [0.15, 0.2) is 6.33 Å². The molecule has 0 radical (unpaired) electrons. The number of aryl methyl sites for hydroxylation is 1. The van der Waals surface area contributed by atoms with Gasteiger partial charge in [0.15, 0.2) is 0 Å². The molecule has 5 nitrogen and oxygen atoms in total. The monoisotopic (exact) mass is 235 g/mol. The lowest BCUT2D eigenvalue weighted by molar-refractivity contribution is -0.139. The van der Waals surface area contributed by atoms with Crippen molar-refractivity contribution in [2.24, 2.45) is 0 Å². The number of piperidine rings is 1. The van der Waals surface area contributed by atoms with Gasteiger partial charge in [-0.25, -0.2) is 14.8 Å². The van der Waals surface area contributed by atoms with E-state index in [1.54, 1.807) is 0 Å². The predicted molar refractivity (Wildman–Crippen MR) is 64.1 cm³/mol. The van der Waals surface area contributed by atoms with Crippen LogP contribution in [0.25, 0.3) is 0 Å². The van der Waals surface area contributed by atoms with Gasteiger partial charge in [-0.15, -0.1) is 0 Å². The fourth-order valence-corrected chi connectivity index (χ4v) is 2.26. The zero-order valence-corrected chi connectivity index (χ0v) is 10.2. The summed E-state index contributed by atoms with van der Waals surface area (Å²) >= 11 is 0. The number of aliphatic carboxylic acids is 1. The minimum Gasteiger partial charge on any atom is -0.480 e. The molecule has 0 amide bonds. The molecule has 1 fully saturated rings. The van der Waals surface area contributed by atoms with Crippen LogP contribution in [0.5, 0.6) is 0 Å². The molecule has 1 aromatic rings. The lowest BCUT2D eigenvalue weighted by atomic mass is 10.0. The molecule has 0 aromatic carbocycles. The second-order valence-electron chi connectivity index (χ2n) is 4.45. The number of anilines is 1. The highest BCUT2D eigenvalue weighted by atomic mass is 16.4. The van der Waals surface area contributed by atoms with Crippen molar-refractivity contribution in [3.8, 4) is 0 Å².